The minimum Gasteiger partial charge on any atom is -0.497 e. The molecule has 0 unspecified atom stereocenters. The molecule has 0 saturated heterocycles. The molecule has 3 aromatic carbocycles. The number of nitrogens with one attached hydrogen (secondary N) is 1. The number of ether oxygens (including phenoxy) is 1. The van der Waals surface area contributed by atoms with E-state index in [4.69, 9.17) is 16.2 Å². The monoisotopic (exact) mass is 520 g/mol. The molecule has 38 heavy (non-hydrogen) atoms. The molecule has 4 rings (SSSR count). The lowest BCUT2D eigenvalue weighted by Crippen LogP contribution is -2.38. The number of nitrogens with zero attached hydrogens (tertiary/aromatic N) is 3. The van der Waals surface area contributed by atoms with Crippen LogP contribution in [0.15, 0.2) is 60.7 Å². The minimum atomic E-state index is -0.623. The Morgan fingerprint density at radius 2 is 1.89 bits per heavy atom. The van der Waals surface area contributed by atoms with Gasteiger partial charge in [-0.05, 0) is 60.8 Å². The molecular weight excluding hydrogens is 491 g/mol. The molecule has 198 valence electrons. The smallest absolute Gasteiger partial charge is 0.287 e. The summed E-state index contributed by atoms with van der Waals surface area (Å²) in [6.45, 7) is 0.584. The molecule has 1 heterocycles. The molecular formula is C27H29FN6O4. The Bertz CT molecular complexity index is 1450. The largest absolute Gasteiger partial charge is 0.497 e. The average molecular weight is 521 g/mol. The van der Waals surface area contributed by atoms with E-state index in [1.54, 1.807) is 17.7 Å². The highest BCUT2D eigenvalue weighted by molar-refractivity contribution is 5.95. The van der Waals surface area contributed by atoms with Gasteiger partial charge >= 0.3 is 0 Å². The van der Waals surface area contributed by atoms with Gasteiger partial charge in [0.25, 0.3) is 11.6 Å². The van der Waals surface area contributed by atoms with Crippen molar-refractivity contribution in [3.8, 4) is 16.9 Å². The standard InChI is InChI=1S/C27H29FN6O4/c1-38-22-8-4-17(5-9-22)18-6-11-25-24(14-18)32-26(27(35)31-15-20(30)3-2-12-29)33(25)16-19-13-21(34(36)37)7-10-23(19)28/h4-11,13-14,20H,2-3,12,15-16,29-30H2,1H3,(H,31,35)/t20-/m0/s1. The zero-order chi connectivity index (χ0) is 27.2. The molecule has 0 aliphatic rings. The highest BCUT2D eigenvalue weighted by Crippen LogP contribution is 2.28. The summed E-state index contributed by atoms with van der Waals surface area (Å²) in [6, 6.07) is 16.0. The first-order chi connectivity index (χ1) is 18.3. The number of amides is 1. The van der Waals surface area contributed by atoms with Gasteiger partial charge in [0, 0.05) is 30.3 Å². The van der Waals surface area contributed by atoms with E-state index in [0.717, 1.165) is 41.5 Å². The summed E-state index contributed by atoms with van der Waals surface area (Å²) >= 11 is 0. The second-order valence-electron chi connectivity index (χ2n) is 8.89. The van der Waals surface area contributed by atoms with Crippen LogP contribution >= 0.6 is 0 Å². The second kappa shape index (κ2) is 11.8. The molecule has 10 nitrogen and oxygen atoms in total. The number of nitro groups is 1. The van der Waals surface area contributed by atoms with Gasteiger partial charge in [-0.2, -0.15) is 0 Å². The number of carbonyl (C=O) groups is 1. The minimum absolute atomic E-state index is 0.0452. The number of carbonyl (C=O) groups excluding carboxylic acids is 1. The maximum absolute atomic E-state index is 14.7. The number of nitro benzene ring substituents is 1. The summed E-state index contributed by atoms with van der Waals surface area (Å²) in [5.41, 5.74) is 14.3. The normalized spacial score (nSPS) is 11.9. The Hall–Kier alpha value is -4.35. The Labute approximate surface area is 218 Å². The van der Waals surface area contributed by atoms with Gasteiger partial charge in [0.05, 0.1) is 29.6 Å². The fourth-order valence-electron chi connectivity index (χ4n) is 4.18. The van der Waals surface area contributed by atoms with E-state index in [-0.39, 0.29) is 36.2 Å². The maximum Gasteiger partial charge on any atom is 0.287 e. The molecule has 1 aromatic heterocycles. The SMILES string of the molecule is COc1ccc(-c2ccc3c(c2)nc(C(=O)NC[C@@H](N)CCCN)n3Cc2cc([N+](=O)[O-])ccc2F)cc1. The summed E-state index contributed by atoms with van der Waals surface area (Å²) in [5.74, 6) is -0.339. The molecule has 1 atom stereocenters. The van der Waals surface area contributed by atoms with E-state index in [1.165, 1.54) is 0 Å². The third kappa shape index (κ3) is 5.96. The summed E-state index contributed by atoms with van der Waals surface area (Å²) in [5, 5.41) is 14.1. The molecule has 0 bridgehead atoms. The molecule has 0 saturated carbocycles. The highest BCUT2D eigenvalue weighted by Gasteiger charge is 2.21. The van der Waals surface area contributed by atoms with Gasteiger partial charge in [0.1, 0.15) is 11.6 Å². The maximum atomic E-state index is 14.7. The Kier molecular flexibility index (Phi) is 8.29. The molecule has 0 aliphatic heterocycles. The first-order valence-corrected chi connectivity index (χ1v) is 12.1. The Morgan fingerprint density at radius 1 is 1.16 bits per heavy atom. The van der Waals surface area contributed by atoms with E-state index >= 15 is 0 Å². The lowest BCUT2D eigenvalue weighted by Gasteiger charge is -2.13. The molecule has 0 fully saturated rings. The van der Waals surface area contributed by atoms with Crippen LogP contribution in [0.3, 0.4) is 0 Å². The van der Waals surface area contributed by atoms with Gasteiger partial charge < -0.3 is 26.1 Å². The molecule has 4 aromatic rings. The predicted octanol–water partition coefficient (Wildman–Crippen LogP) is 3.60. The topological polar surface area (TPSA) is 151 Å². The van der Waals surface area contributed by atoms with E-state index in [9.17, 15) is 19.3 Å². The van der Waals surface area contributed by atoms with E-state index in [1.807, 2.05) is 36.4 Å². The summed E-state index contributed by atoms with van der Waals surface area (Å²) in [4.78, 5) is 28.4. The van der Waals surface area contributed by atoms with Crippen LogP contribution in [0.25, 0.3) is 22.2 Å². The van der Waals surface area contributed by atoms with Crippen molar-refractivity contribution in [2.75, 3.05) is 20.2 Å². The number of hydrogen-bond acceptors (Lipinski definition) is 7. The average Bonchev–Trinajstić information content (AvgIpc) is 3.29. The summed E-state index contributed by atoms with van der Waals surface area (Å²) in [7, 11) is 1.59. The van der Waals surface area contributed by atoms with E-state index < -0.39 is 16.6 Å². The third-order valence-electron chi connectivity index (χ3n) is 6.25. The number of hydrogen-bond donors (Lipinski definition) is 3. The van der Waals surface area contributed by atoms with Crippen LogP contribution in [-0.4, -0.2) is 46.6 Å². The van der Waals surface area contributed by atoms with Crippen molar-refractivity contribution < 1.29 is 18.8 Å². The Balaban J connectivity index is 1.73. The van der Waals surface area contributed by atoms with Crippen molar-refractivity contribution in [2.24, 2.45) is 11.5 Å². The number of nitrogens with two attached hydrogens (primary N) is 2. The van der Waals surface area contributed by atoms with Crippen molar-refractivity contribution in [3.05, 3.63) is 88.0 Å². The predicted molar refractivity (Wildman–Crippen MR) is 142 cm³/mol. The zero-order valence-corrected chi connectivity index (χ0v) is 20.9. The molecule has 0 spiro atoms. The van der Waals surface area contributed by atoms with Gasteiger partial charge in [-0.15, -0.1) is 0 Å². The molecule has 1 amide bonds. The molecule has 11 heteroatoms. The third-order valence-corrected chi connectivity index (χ3v) is 6.25. The van der Waals surface area contributed by atoms with Crippen molar-refractivity contribution >= 4 is 22.6 Å². The Morgan fingerprint density at radius 3 is 2.58 bits per heavy atom. The lowest BCUT2D eigenvalue weighted by atomic mass is 10.0. The van der Waals surface area contributed by atoms with Crippen LogP contribution in [0.2, 0.25) is 0 Å². The number of non-ortho nitro benzene ring substituents is 1. The quantitative estimate of drug-likeness (QED) is 0.202. The van der Waals surface area contributed by atoms with Gasteiger partial charge in [-0.25, -0.2) is 9.37 Å². The van der Waals surface area contributed by atoms with Gasteiger partial charge in [-0.3, -0.25) is 14.9 Å². The van der Waals surface area contributed by atoms with Crippen LogP contribution < -0.4 is 21.5 Å². The van der Waals surface area contributed by atoms with E-state index in [2.05, 4.69) is 10.3 Å². The van der Waals surface area contributed by atoms with Crippen LogP contribution in [0.1, 0.15) is 29.0 Å². The first-order valence-electron chi connectivity index (χ1n) is 12.1. The summed E-state index contributed by atoms with van der Waals surface area (Å²) in [6.07, 6.45) is 1.38. The number of methoxy groups -OCH3 is 1. The van der Waals surface area contributed by atoms with Crippen LogP contribution in [0, 0.1) is 15.9 Å². The molecule has 0 radical (unpaired) electrons. The number of imidazole rings is 1. The van der Waals surface area contributed by atoms with Crippen LogP contribution in [0.5, 0.6) is 5.75 Å². The van der Waals surface area contributed by atoms with Crippen LogP contribution in [0.4, 0.5) is 10.1 Å². The van der Waals surface area contributed by atoms with Crippen molar-refractivity contribution in [1.29, 1.82) is 0 Å². The second-order valence-corrected chi connectivity index (χ2v) is 8.89. The number of halogens is 1. The van der Waals surface area contributed by atoms with Gasteiger partial charge in [-0.1, -0.05) is 18.2 Å². The van der Waals surface area contributed by atoms with Crippen LogP contribution in [-0.2, 0) is 6.54 Å². The van der Waals surface area contributed by atoms with Crippen molar-refractivity contribution in [1.82, 2.24) is 14.9 Å². The zero-order valence-electron chi connectivity index (χ0n) is 20.9. The summed E-state index contributed by atoms with van der Waals surface area (Å²) < 4.78 is 21.5. The molecule has 0 aliphatic carbocycles. The fourth-order valence-corrected chi connectivity index (χ4v) is 4.18. The molecule has 5 N–H and O–H groups in total. The fraction of sp³-hybridized carbons (Fsp3) is 0.259. The van der Waals surface area contributed by atoms with Gasteiger partial charge in [0.15, 0.2) is 5.82 Å². The number of rotatable bonds is 11. The first kappa shape index (κ1) is 26.7. The highest BCUT2D eigenvalue weighted by atomic mass is 19.1. The van der Waals surface area contributed by atoms with Crippen molar-refractivity contribution in [3.63, 3.8) is 0 Å². The number of benzene rings is 3. The number of fused-ring (bicyclic) bond motifs is 1. The number of aromatic nitrogens is 2. The van der Waals surface area contributed by atoms with Gasteiger partial charge in [0.2, 0.25) is 0 Å². The van der Waals surface area contributed by atoms with E-state index in [0.29, 0.717) is 24.0 Å². The van der Waals surface area contributed by atoms with Crippen molar-refractivity contribution in [2.45, 2.75) is 25.4 Å². The lowest BCUT2D eigenvalue weighted by molar-refractivity contribution is -0.385.